The molecule has 0 saturated heterocycles. The molecule has 9 heteroatoms. The smallest absolute Gasteiger partial charge is 0.389 e. The molecule has 0 spiro atoms. The Morgan fingerprint density at radius 1 is 1.35 bits per heavy atom. The summed E-state index contributed by atoms with van der Waals surface area (Å²) >= 11 is 1.31. The Morgan fingerprint density at radius 2 is 2.12 bits per heavy atom. The van der Waals surface area contributed by atoms with Crippen molar-refractivity contribution in [2.45, 2.75) is 13.5 Å². The summed E-state index contributed by atoms with van der Waals surface area (Å²) in [7, 11) is 0. The molecule has 2 aromatic heterocycles. The lowest BCUT2D eigenvalue weighted by molar-refractivity contribution is -0.389. The Bertz CT molecular complexity index is 917. The van der Waals surface area contributed by atoms with E-state index in [1.165, 1.54) is 28.3 Å². The third kappa shape index (κ3) is 4.25. The van der Waals surface area contributed by atoms with Crippen molar-refractivity contribution < 1.29 is 14.5 Å². The summed E-state index contributed by atoms with van der Waals surface area (Å²) in [5.74, 6) is 0.336. The third-order valence-corrected chi connectivity index (χ3v) is 4.44. The number of hydrogen-bond acceptors (Lipinski definition) is 6. The quantitative estimate of drug-likeness (QED) is 0.505. The summed E-state index contributed by atoms with van der Waals surface area (Å²) in [6, 6.07) is 10.2. The maximum Gasteiger partial charge on any atom is 0.389 e. The van der Waals surface area contributed by atoms with Crippen LogP contribution >= 0.6 is 11.3 Å². The lowest BCUT2D eigenvalue weighted by atomic mass is 10.2. The van der Waals surface area contributed by atoms with E-state index in [0.717, 1.165) is 11.3 Å². The highest BCUT2D eigenvalue weighted by atomic mass is 32.1. The number of benzene rings is 1. The number of ether oxygens (including phenoxy) is 1. The van der Waals surface area contributed by atoms with Gasteiger partial charge in [-0.15, -0.1) is 11.3 Å². The van der Waals surface area contributed by atoms with Crippen LogP contribution in [0.15, 0.2) is 48.0 Å². The van der Waals surface area contributed by atoms with Gasteiger partial charge in [0.1, 0.15) is 5.75 Å². The molecule has 8 nitrogen and oxygen atoms in total. The first-order valence-corrected chi connectivity index (χ1v) is 8.72. The number of aromatic nitrogens is 2. The van der Waals surface area contributed by atoms with Crippen LogP contribution in [0, 0.1) is 10.1 Å². The molecule has 0 aliphatic carbocycles. The van der Waals surface area contributed by atoms with Gasteiger partial charge in [0, 0.05) is 5.69 Å². The highest BCUT2D eigenvalue weighted by molar-refractivity contribution is 7.12. The highest BCUT2D eigenvalue weighted by Crippen LogP contribution is 2.20. The van der Waals surface area contributed by atoms with Crippen LogP contribution in [0.5, 0.6) is 5.75 Å². The zero-order valence-electron chi connectivity index (χ0n) is 13.9. The first-order valence-electron chi connectivity index (χ1n) is 7.84. The molecule has 26 heavy (non-hydrogen) atoms. The minimum atomic E-state index is -0.542. The van der Waals surface area contributed by atoms with Gasteiger partial charge in [0.15, 0.2) is 0 Å². The number of amides is 1. The van der Waals surface area contributed by atoms with E-state index in [4.69, 9.17) is 4.74 Å². The molecule has 0 atom stereocenters. The molecule has 0 unspecified atom stereocenters. The number of carbonyl (C=O) groups excluding carboxylic acids is 1. The minimum Gasteiger partial charge on any atom is -0.494 e. The number of rotatable bonds is 7. The lowest BCUT2D eigenvalue weighted by Gasteiger charge is -2.06. The number of nitro groups is 1. The SMILES string of the molecule is CCOc1ccc(NC(=O)c2cc(Cn3ccc([N+](=O)[O-])n3)cs2)cc1. The molecule has 1 aromatic carbocycles. The van der Waals surface area contributed by atoms with Gasteiger partial charge in [-0.3, -0.25) is 4.79 Å². The summed E-state index contributed by atoms with van der Waals surface area (Å²) in [4.78, 5) is 23.0. The second-order valence-electron chi connectivity index (χ2n) is 5.36. The van der Waals surface area contributed by atoms with Crippen molar-refractivity contribution >= 4 is 28.7 Å². The van der Waals surface area contributed by atoms with E-state index in [1.54, 1.807) is 30.3 Å². The van der Waals surface area contributed by atoms with Gasteiger partial charge >= 0.3 is 5.82 Å². The van der Waals surface area contributed by atoms with Gasteiger partial charge in [-0.1, -0.05) is 0 Å². The molecule has 0 radical (unpaired) electrons. The second kappa shape index (κ2) is 7.79. The number of nitrogens with one attached hydrogen (secondary N) is 1. The number of anilines is 1. The van der Waals surface area contributed by atoms with Crippen LogP contribution in [-0.2, 0) is 6.54 Å². The molecule has 1 N–H and O–H groups in total. The van der Waals surface area contributed by atoms with E-state index in [9.17, 15) is 14.9 Å². The molecular weight excluding hydrogens is 356 g/mol. The van der Waals surface area contributed by atoms with Gasteiger partial charge in [-0.2, -0.15) is 4.68 Å². The van der Waals surface area contributed by atoms with Crippen molar-refractivity contribution in [1.29, 1.82) is 0 Å². The maximum absolute atomic E-state index is 12.3. The predicted molar refractivity (Wildman–Crippen MR) is 97.9 cm³/mol. The summed E-state index contributed by atoms with van der Waals surface area (Å²) in [6.45, 7) is 2.86. The molecule has 0 bridgehead atoms. The van der Waals surface area contributed by atoms with E-state index < -0.39 is 4.92 Å². The molecule has 3 aromatic rings. The summed E-state index contributed by atoms with van der Waals surface area (Å²) in [5, 5.41) is 19.2. The van der Waals surface area contributed by atoms with Crippen molar-refractivity contribution in [3.63, 3.8) is 0 Å². The summed E-state index contributed by atoms with van der Waals surface area (Å²) in [5.41, 5.74) is 1.53. The molecule has 134 valence electrons. The Labute approximate surface area is 153 Å². The molecule has 0 saturated carbocycles. The number of thiophene rings is 1. The Kier molecular flexibility index (Phi) is 5.28. The van der Waals surface area contributed by atoms with E-state index in [1.807, 2.05) is 12.3 Å². The molecular formula is C17H16N4O4S. The van der Waals surface area contributed by atoms with Gasteiger partial charge in [-0.05, 0) is 53.1 Å². The van der Waals surface area contributed by atoms with Crippen LogP contribution in [0.2, 0.25) is 0 Å². The van der Waals surface area contributed by atoms with E-state index in [-0.39, 0.29) is 11.7 Å². The van der Waals surface area contributed by atoms with E-state index in [0.29, 0.717) is 23.7 Å². The number of nitrogens with zero attached hydrogens (tertiary/aromatic N) is 3. The molecule has 0 aliphatic heterocycles. The van der Waals surface area contributed by atoms with Gasteiger partial charge in [0.2, 0.25) is 0 Å². The Balaban J connectivity index is 1.62. The fraction of sp³-hybridized carbons (Fsp3) is 0.176. The molecule has 1 amide bonds. The third-order valence-electron chi connectivity index (χ3n) is 3.46. The zero-order valence-corrected chi connectivity index (χ0v) is 14.7. The Morgan fingerprint density at radius 3 is 2.77 bits per heavy atom. The predicted octanol–water partition coefficient (Wildman–Crippen LogP) is 3.55. The fourth-order valence-electron chi connectivity index (χ4n) is 2.29. The molecule has 0 fully saturated rings. The van der Waals surface area contributed by atoms with Crippen molar-refractivity contribution in [2.24, 2.45) is 0 Å². The lowest BCUT2D eigenvalue weighted by Crippen LogP contribution is -2.10. The molecule has 3 rings (SSSR count). The summed E-state index contributed by atoms with van der Waals surface area (Å²) < 4.78 is 6.83. The monoisotopic (exact) mass is 372 g/mol. The number of carbonyl (C=O) groups is 1. The van der Waals surface area contributed by atoms with Crippen LogP contribution in [0.1, 0.15) is 22.2 Å². The fourth-order valence-corrected chi connectivity index (χ4v) is 3.09. The zero-order chi connectivity index (χ0) is 18.5. The van der Waals surface area contributed by atoms with Gasteiger partial charge in [-0.25, -0.2) is 0 Å². The largest absolute Gasteiger partial charge is 0.494 e. The van der Waals surface area contributed by atoms with Crippen molar-refractivity contribution in [2.75, 3.05) is 11.9 Å². The van der Waals surface area contributed by atoms with Gasteiger partial charge in [0.05, 0.1) is 35.4 Å². The second-order valence-corrected chi connectivity index (χ2v) is 6.27. The van der Waals surface area contributed by atoms with Gasteiger partial charge < -0.3 is 20.2 Å². The van der Waals surface area contributed by atoms with Crippen molar-refractivity contribution in [1.82, 2.24) is 9.78 Å². The average molecular weight is 372 g/mol. The van der Waals surface area contributed by atoms with Crippen molar-refractivity contribution in [3.8, 4) is 5.75 Å². The standard InChI is InChI=1S/C17H16N4O4S/c1-2-25-14-5-3-13(4-6-14)18-17(22)15-9-12(11-26-15)10-20-8-7-16(19-20)21(23)24/h3-9,11H,2,10H2,1H3,(H,18,22). The summed E-state index contributed by atoms with van der Waals surface area (Å²) in [6.07, 6.45) is 1.54. The molecule has 0 aliphatic rings. The van der Waals surface area contributed by atoms with E-state index >= 15 is 0 Å². The minimum absolute atomic E-state index is 0.200. The van der Waals surface area contributed by atoms with Crippen LogP contribution in [-0.4, -0.2) is 27.2 Å². The normalized spacial score (nSPS) is 10.5. The first-order chi connectivity index (χ1) is 12.5. The number of hydrogen-bond donors (Lipinski definition) is 1. The Hall–Kier alpha value is -3.20. The van der Waals surface area contributed by atoms with Crippen LogP contribution in [0.25, 0.3) is 0 Å². The maximum atomic E-state index is 12.3. The highest BCUT2D eigenvalue weighted by Gasteiger charge is 2.14. The van der Waals surface area contributed by atoms with E-state index in [2.05, 4.69) is 10.4 Å². The first kappa shape index (κ1) is 17.6. The van der Waals surface area contributed by atoms with Crippen LogP contribution in [0.4, 0.5) is 11.5 Å². The van der Waals surface area contributed by atoms with Gasteiger partial charge in [0.25, 0.3) is 5.91 Å². The van der Waals surface area contributed by atoms with Crippen LogP contribution in [0.3, 0.4) is 0 Å². The molecule has 2 heterocycles. The average Bonchev–Trinajstić information content (AvgIpc) is 3.27. The van der Waals surface area contributed by atoms with Crippen molar-refractivity contribution in [3.05, 3.63) is 68.5 Å². The topological polar surface area (TPSA) is 99.3 Å². The van der Waals surface area contributed by atoms with Crippen LogP contribution < -0.4 is 10.1 Å².